The lowest BCUT2D eigenvalue weighted by Crippen LogP contribution is -2.25. The molecule has 2 heterocycles. The summed E-state index contributed by atoms with van der Waals surface area (Å²) in [6, 6.07) is 13.7. The molecule has 0 saturated heterocycles. The predicted molar refractivity (Wildman–Crippen MR) is 114 cm³/mol. The molecular formula is C23H21N5O2. The number of aryl methyl sites for hydroxylation is 1. The van der Waals surface area contributed by atoms with Crippen LogP contribution in [0, 0.1) is 6.92 Å². The summed E-state index contributed by atoms with van der Waals surface area (Å²) in [7, 11) is 1.64. The van der Waals surface area contributed by atoms with Crippen molar-refractivity contribution in [2.45, 2.75) is 25.8 Å². The molecule has 1 aliphatic carbocycles. The van der Waals surface area contributed by atoms with Crippen molar-refractivity contribution in [3.05, 3.63) is 66.1 Å². The van der Waals surface area contributed by atoms with Gasteiger partial charge in [0.1, 0.15) is 12.1 Å². The van der Waals surface area contributed by atoms with Crippen LogP contribution in [0.1, 0.15) is 28.8 Å². The molecule has 1 fully saturated rings. The molecule has 30 heavy (non-hydrogen) atoms. The van der Waals surface area contributed by atoms with Gasteiger partial charge in [-0.25, -0.2) is 14.6 Å². The molecule has 2 aromatic heterocycles. The van der Waals surface area contributed by atoms with Crippen molar-refractivity contribution >= 4 is 16.9 Å². The van der Waals surface area contributed by atoms with Gasteiger partial charge in [0, 0.05) is 17.2 Å². The maximum Gasteiger partial charge on any atom is 0.251 e. The quantitative estimate of drug-likeness (QED) is 0.553. The molecular weight excluding hydrogens is 378 g/mol. The van der Waals surface area contributed by atoms with Crippen LogP contribution >= 0.6 is 0 Å². The van der Waals surface area contributed by atoms with E-state index in [0.717, 1.165) is 46.5 Å². The van der Waals surface area contributed by atoms with E-state index in [4.69, 9.17) is 4.74 Å². The van der Waals surface area contributed by atoms with Crippen LogP contribution in [0.3, 0.4) is 0 Å². The van der Waals surface area contributed by atoms with Gasteiger partial charge in [0.2, 0.25) is 0 Å². The summed E-state index contributed by atoms with van der Waals surface area (Å²) in [5.74, 6) is 0.680. The van der Waals surface area contributed by atoms with Gasteiger partial charge in [0.25, 0.3) is 5.91 Å². The highest BCUT2D eigenvalue weighted by molar-refractivity contribution is 5.96. The van der Waals surface area contributed by atoms with Crippen LogP contribution in [0.5, 0.6) is 5.75 Å². The van der Waals surface area contributed by atoms with E-state index in [2.05, 4.69) is 20.4 Å². The number of hydrogen-bond donors (Lipinski definition) is 1. The number of methoxy groups -OCH3 is 1. The van der Waals surface area contributed by atoms with Gasteiger partial charge in [-0.1, -0.05) is 18.2 Å². The molecule has 1 saturated carbocycles. The standard InChI is InChI=1S/C23H21N5O2/c1-14-7-8-15(23(29)27-16-9-10-16)11-19(14)28-22-18(12-26-28)21(24-13-25-22)17-5-3-4-6-20(17)30-2/h3-8,11-13,16H,9-10H2,1-2H3,(H,27,29). The maximum absolute atomic E-state index is 12.5. The molecule has 5 rings (SSSR count). The molecule has 1 N–H and O–H groups in total. The van der Waals surface area contributed by atoms with Crippen molar-refractivity contribution in [1.82, 2.24) is 25.1 Å². The summed E-state index contributed by atoms with van der Waals surface area (Å²) in [5.41, 5.74) is 4.74. The van der Waals surface area contributed by atoms with Crippen molar-refractivity contribution in [2.75, 3.05) is 7.11 Å². The summed E-state index contributed by atoms with van der Waals surface area (Å²) < 4.78 is 7.27. The monoisotopic (exact) mass is 399 g/mol. The van der Waals surface area contributed by atoms with E-state index in [0.29, 0.717) is 17.3 Å². The SMILES string of the molecule is COc1ccccc1-c1ncnc2c1cnn2-c1cc(C(=O)NC2CC2)ccc1C. The fourth-order valence-electron chi connectivity index (χ4n) is 3.55. The number of fused-ring (bicyclic) bond motifs is 1. The lowest BCUT2D eigenvalue weighted by atomic mass is 10.1. The molecule has 2 aromatic carbocycles. The Balaban J connectivity index is 1.62. The molecule has 0 unspecified atom stereocenters. The van der Waals surface area contributed by atoms with Gasteiger partial charge in [0.15, 0.2) is 5.65 Å². The highest BCUT2D eigenvalue weighted by Gasteiger charge is 2.24. The average Bonchev–Trinajstić information content (AvgIpc) is 3.49. The topological polar surface area (TPSA) is 81.9 Å². The normalized spacial score (nSPS) is 13.4. The Bertz CT molecular complexity index is 1260. The Morgan fingerprint density at radius 3 is 2.80 bits per heavy atom. The van der Waals surface area contributed by atoms with Crippen LogP contribution in [0.2, 0.25) is 0 Å². The van der Waals surface area contributed by atoms with Gasteiger partial charge in [-0.2, -0.15) is 5.10 Å². The Morgan fingerprint density at radius 2 is 2.00 bits per heavy atom. The highest BCUT2D eigenvalue weighted by atomic mass is 16.5. The Hall–Kier alpha value is -3.74. The second kappa shape index (κ2) is 7.26. The van der Waals surface area contributed by atoms with Crippen molar-refractivity contribution in [3.63, 3.8) is 0 Å². The van der Waals surface area contributed by atoms with E-state index in [1.54, 1.807) is 18.0 Å². The molecule has 4 aromatic rings. The predicted octanol–water partition coefficient (Wildman–Crippen LogP) is 3.69. The molecule has 0 bridgehead atoms. The fraction of sp³-hybridized carbons (Fsp3) is 0.217. The Labute approximate surface area is 173 Å². The molecule has 150 valence electrons. The largest absolute Gasteiger partial charge is 0.496 e. The highest BCUT2D eigenvalue weighted by Crippen LogP contribution is 2.33. The second-order valence-electron chi connectivity index (χ2n) is 7.47. The number of hydrogen-bond acceptors (Lipinski definition) is 5. The molecule has 1 aliphatic rings. The molecule has 1 amide bonds. The molecule has 7 nitrogen and oxygen atoms in total. The van der Waals surface area contributed by atoms with Crippen LogP contribution in [-0.2, 0) is 0 Å². The average molecular weight is 399 g/mol. The zero-order valence-corrected chi connectivity index (χ0v) is 16.8. The molecule has 7 heteroatoms. The lowest BCUT2D eigenvalue weighted by Gasteiger charge is -2.11. The van der Waals surface area contributed by atoms with E-state index in [-0.39, 0.29) is 5.91 Å². The smallest absolute Gasteiger partial charge is 0.251 e. The molecule has 0 radical (unpaired) electrons. The molecule has 0 atom stereocenters. The third kappa shape index (κ3) is 3.18. The first-order valence-electron chi connectivity index (χ1n) is 9.89. The number of rotatable bonds is 5. The number of aromatic nitrogens is 4. The number of nitrogens with zero attached hydrogens (tertiary/aromatic N) is 4. The van der Waals surface area contributed by atoms with E-state index < -0.39 is 0 Å². The lowest BCUT2D eigenvalue weighted by molar-refractivity contribution is 0.0951. The van der Waals surface area contributed by atoms with E-state index in [1.807, 2.05) is 49.4 Å². The van der Waals surface area contributed by atoms with Crippen LogP contribution in [0.4, 0.5) is 0 Å². The van der Waals surface area contributed by atoms with E-state index in [1.165, 1.54) is 6.33 Å². The Morgan fingerprint density at radius 1 is 1.17 bits per heavy atom. The van der Waals surface area contributed by atoms with Crippen molar-refractivity contribution in [2.24, 2.45) is 0 Å². The number of para-hydroxylation sites is 1. The van der Waals surface area contributed by atoms with E-state index in [9.17, 15) is 4.79 Å². The fourth-order valence-corrected chi connectivity index (χ4v) is 3.55. The third-order valence-corrected chi connectivity index (χ3v) is 5.34. The minimum absolute atomic E-state index is 0.0560. The second-order valence-corrected chi connectivity index (χ2v) is 7.47. The minimum atomic E-state index is -0.0560. The molecule has 0 aliphatic heterocycles. The summed E-state index contributed by atoms with van der Waals surface area (Å²) in [5, 5.41) is 8.43. The summed E-state index contributed by atoms with van der Waals surface area (Å²) >= 11 is 0. The summed E-state index contributed by atoms with van der Waals surface area (Å²) in [4.78, 5) is 21.5. The number of carbonyl (C=O) groups is 1. The van der Waals surface area contributed by atoms with Gasteiger partial charge in [-0.15, -0.1) is 0 Å². The first-order valence-corrected chi connectivity index (χ1v) is 9.89. The third-order valence-electron chi connectivity index (χ3n) is 5.34. The number of ether oxygens (including phenoxy) is 1. The summed E-state index contributed by atoms with van der Waals surface area (Å²) in [6.07, 6.45) is 5.39. The number of nitrogens with one attached hydrogen (secondary N) is 1. The van der Waals surface area contributed by atoms with E-state index >= 15 is 0 Å². The van der Waals surface area contributed by atoms with Gasteiger partial charge >= 0.3 is 0 Å². The summed E-state index contributed by atoms with van der Waals surface area (Å²) in [6.45, 7) is 1.99. The van der Waals surface area contributed by atoms with Crippen LogP contribution in [-0.4, -0.2) is 38.8 Å². The number of carbonyl (C=O) groups excluding carboxylic acids is 1. The number of benzene rings is 2. The first kappa shape index (κ1) is 18.3. The van der Waals surface area contributed by atoms with Crippen molar-refractivity contribution in [1.29, 1.82) is 0 Å². The number of amides is 1. The first-order chi connectivity index (χ1) is 14.7. The van der Waals surface area contributed by atoms with Gasteiger partial charge in [-0.05, 0) is 49.6 Å². The van der Waals surface area contributed by atoms with Gasteiger partial charge < -0.3 is 10.1 Å². The van der Waals surface area contributed by atoms with Crippen LogP contribution in [0.15, 0.2) is 55.0 Å². The van der Waals surface area contributed by atoms with Gasteiger partial charge in [0.05, 0.1) is 30.1 Å². The van der Waals surface area contributed by atoms with Crippen LogP contribution in [0.25, 0.3) is 28.0 Å². The minimum Gasteiger partial charge on any atom is -0.496 e. The van der Waals surface area contributed by atoms with Crippen molar-refractivity contribution < 1.29 is 9.53 Å². The zero-order chi connectivity index (χ0) is 20.7. The Kier molecular flexibility index (Phi) is 4.43. The van der Waals surface area contributed by atoms with Crippen molar-refractivity contribution in [3.8, 4) is 22.7 Å². The van der Waals surface area contributed by atoms with Gasteiger partial charge in [-0.3, -0.25) is 4.79 Å². The maximum atomic E-state index is 12.5. The zero-order valence-electron chi connectivity index (χ0n) is 16.8. The van der Waals surface area contributed by atoms with Crippen LogP contribution < -0.4 is 10.1 Å². The molecule has 0 spiro atoms.